The second kappa shape index (κ2) is 4.63. The van der Waals surface area contributed by atoms with E-state index in [0.29, 0.717) is 0 Å². The Hall–Kier alpha value is -0.780. The highest BCUT2D eigenvalue weighted by molar-refractivity contribution is 5.38. The summed E-state index contributed by atoms with van der Waals surface area (Å²) in [6.45, 7) is 9.03. The fourth-order valence-electron chi connectivity index (χ4n) is 1.96. The van der Waals surface area contributed by atoms with Gasteiger partial charge in [0.2, 0.25) is 0 Å². The molecule has 0 saturated carbocycles. The maximum absolute atomic E-state index is 2.43. The van der Waals surface area contributed by atoms with Gasteiger partial charge in [-0.05, 0) is 24.0 Å². The zero-order chi connectivity index (χ0) is 10.6. The molecule has 0 N–H and O–H groups in total. The predicted molar refractivity (Wildman–Crippen MR) is 64.3 cm³/mol. The fraction of sp³-hybridized carbons (Fsp3) is 0.571. The van der Waals surface area contributed by atoms with E-state index in [1.807, 2.05) is 0 Å². The Morgan fingerprint density at radius 3 is 2.43 bits per heavy atom. The Labute approximate surface area is 88.4 Å². The number of hydrogen-bond acceptors (Lipinski definition) is 0. The summed E-state index contributed by atoms with van der Waals surface area (Å²) in [5.74, 6) is 0. The molecule has 0 fully saturated rings. The molecule has 0 amide bonds. The van der Waals surface area contributed by atoms with Gasteiger partial charge >= 0.3 is 0 Å². The number of hydrogen-bond donors (Lipinski definition) is 0. The lowest BCUT2D eigenvalue weighted by molar-refractivity contribution is 0.618. The van der Waals surface area contributed by atoms with Crippen LogP contribution >= 0.6 is 0 Å². The van der Waals surface area contributed by atoms with Crippen LogP contribution in [0.25, 0.3) is 0 Å². The van der Waals surface area contributed by atoms with Crippen LogP contribution in [-0.2, 0) is 0 Å². The Morgan fingerprint density at radius 2 is 1.86 bits per heavy atom. The first-order valence-electron chi connectivity index (χ1n) is 5.69. The molecule has 0 radical (unpaired) electrons. The molecule has 0 aromatic rings. The van der Waals surface area contributed by atoms with E-state index in [0.717, 1.165) is 6.42 Å². The molecule has 78 valence electrons. The van der Waals surface area contributed by atoms with Gasteiger partial charge in [-0.15, -0.1) is 0 Å². The summed E-state index contributed by atoms with van der Waals surface area (Å²) in [7, 11) is 0. The molecule has 0 spiro atoms. The van der Waals surface area contributed by atoms with Gasteiger partial charge in [0.1, 0.15) is 0 Å². The fourth-order valence-corrected chi connectivity index (χ4v) is 1.96. The van der Waals surface area contributed by atoms with Crippen LogP contribution in [0.4, 0.5) is 0 Å². The summed E-state index contributed by atoms with van der Waals surface area (Å²) in [5.41, 5.74) is 3.27. The minimum Gasteiger partial charge on any atom is -0.0751 e. The van der Waals surface area contributed by atoms with E-state index in [1.54, 1.807) is 5.57 Å². The second-order valence-corrected chi connectivity index (χ2v) is 4.65. The van der Waals surface area contributed by atoms with E-state index < -0.39 is 0 Å². The van der Waals surface area contributed by atoms with Crippen LogP contribution < -0.4 is 0 Å². The molecule has 0 bridgehead atoms. The third-order valence-corrected chi connectivity index (χ3v) is 2.68. The highest BCUT2D eigenvalue weighted by Gasteiger charge is 2.14. The van der Waals surface area contributed by atoms with E-state index in [-0.39, 0.29) is 5.41 Å². The van der Waals surface area contributed by atoms with Crippen molar-refractivity contribution in [1.29, 1.82) is 0 Å². The van der Waals surface area contributed by atoms with Crippen LogP contribution in [0, 0.1) is 5.41 Å². The van der Waals surface area contributed by atoms with Crippen LogP contribution in [0.1, 0.15) is 47.0 Å². The molecule has 0 aromatic carbocycles. The topological polar surface area (TPSA) is 0 Å². The first-order chi connectivity index (χ1) is 6.59. The molecule has 0 nitrogen and oxygen atoms in total. The van der Waals surface area contributed by atoms with Gasteiger partial charge in [-0.2, -0.15) is 0 Å². The predicted octanol–water partition coefficient (Wildman–Crippen LogP) is 4.65. The minimum atomic E-state index is 0.220. The van der Waals surface area contributed by atoms with Crippen molar-refractivity contribution in [2.24, 2.45) is 5.41 Å². The Kier molecular flexibility index (Phi) is 3.74. The van der Waals surface area contributed by atoms with Crippen molar-refractivity contribution < 1.29 is 0 Å². The van der Waals surface area contributed by atoms with Crippen LogP contribution in [0.2, 0.25) is 0 Å². The van der Waals surface area contributed by atoms with Crippen molar-refractivity contribution in [3.63, 3.8) is 0 Å². The van der Waals surface area contributed by atoms with E-state index >= 15 is 0 Å². The van der Waals surface area contributed by atoms with Gasteiger partial charge in [-0.25, -0.2) is 0 Å². The summed E-state index contributed by atoms with van der Waals surface area (Å²) < 4.78 is 0. The highest BCUT2D eigenvalue weighted by atomic mass is 14.2. The van der Waals surface area contributed by atoms with Gasteiger partial charge in [-0.3, -0.25) is 0 Å². The molecule has 0 heteroatoms. The van der Waals surface area contributed by atoms with Crippen molar-refractivity contribution in [1.82, 2.24) is 0 Å². The summed E-state index contributed by atoms with van der Waals surface area (Å²) >= 11 is 0. The molecule has 1 rings (SSSR count). The van der Waals surface area contributed by atoms with Crippen LogP contribution in [0.5, 0.6) is 0 Å². The molecule has 0 unspecified atom stereocenters. The van der Waals surface area contributed by atoms with Crippen LogP contribution in [0.3, 0.4) is 0 Å². The average Bonchev–Trinajstić information content (AvgIpc) is 2.24. The van der Waals surface area contributed by atoms with Crippen LogP contribution in [-0.4, -0.2) is 0 Å². The lowest BCUT2D eigenvalue weighted by atomic mass is 9.88. The van der Waals surface area contributed by atoms with Crippen LogP contribution in [0.15, 0.2) is 35.5 Å². The summed E-state index contributed by atoms with van der Waals surface area (Å²) in [6, 6.07) is 0. The Morgan fingerprint density at radius 1 is 1.14 bits per heavy atom. The summed E-state index contributed by atoms with van der Waals surface area (Å²) in [6.07, 6.45) is 12.8. The van der Waals surface area contributed by atoms with Gasteiger partial charge in [0, 0.05) is 5.41 Å². The molecule has 0 saturated heterocycles. The zero-order valence-corrected chi connectivity index (χ0v) is 9.93. The Balaban J connectivity index is 2.98. The van der Waals surface area contributed by atoms with E-state index in [9.17, 15) is 0 Å². The van der Waals surface area contributed by atoms with Crippen molar-refractivity contribution in [3.8, 4) is 0 Å². The van der Waals surface area contributed by atoms with Gasteiger partial charge in [0.05, 0.1) is 0 Å². The lowest BCUT2D eigenvalue weighted by Gasteiger charge is -2.17. The second-order valence-electron chi connectivity index (χ2n) is 4.65. The van der Waals surface area contributed by atoms with Crippen molar-refractivity contribution in [2.75, 3.05) is 0 Å². The average molecular weight is 190 g/mol. The first kappa shape index (κ1) is 11.3. The molecule has 0 aromatic heterocycles. The molecular weight excluding hydrogens is 168 g/mol. The summed E-state index contributed by atoms with van der Waals surface area (Å²) in [4.78, 5) is 0. The lowest BCUT2D eigenvalue weighted by Crippen LogP contribution is -2.03. The van der Waals surface area contributed by atoms with Gasteiger partial charge in [0.25, 0.3) is 0 Å². The van der Waals surface area contributed by atoms with Crippen molar-refractivity contribution in [3.05, 3.63) is 35.5 Å². The first-order valence-corrected chi connectivity index (χ1v) is 5.69. The number of allylic oxidation sites excluding steroid dienone is 6. The van der Waals surface area contributed by atoms with E-state index in [1.165, 1.54) is 18.4 Å². The third kappa shape index (κ3) is 2.87. The Bertz CT molecular complexity index is 274. The summed E-state index contributed by atoms with van der Waals surface area (Å²) in [5, 5.41) is 0. The van der Waals surface area contributed by atoms with Crippen molar-refractivity contribution in [2.45, 2.75) is 47.0 Å². The quantitative estimate of drug-likeness (QED) is 0.608. The molecule has 0 aliphatic heterocycles. The maximum atomic E-state index is 2.43. The standard InChI is InChI=1S/C14H22/c1-5-8-13-11-14(3,4)10-7-9-12(13)6-2/h7,9-11H,5-6,8H2,1-4H3. The van der Waals surface area contributed by atoms with E-state index in [4.69, 9.17) is 0 Å². The smallest absolute Gasteiger partial charge is 0.00134 e. The highest BCUT2D eigenvalue weighted by Crippen LogP contribution is 2.30. The monoisotopic (exact) mass is 190 g/mol. The zero-order valence-electron chi connectivity index (χ0n) is 9.93. The largest absolute Gasteiger partial charge is 0.0751 e. The molecule has 1 aliphatic rings. The molecule has 0 heterocycles. The number of rotatable bonds is 3. The van der Waals surface area contributed by atoms with Crippen molar-refractivity contribution >= 4 is 0 Å². The molecule has 14 heavy (non-hydrogen) atoms. The molecule has 1 aliphatic carbocycles. The third-order valence-electron chi connectivity index (χ3n) is 2.68. The van der Waals surface area contributed by atoms with E-state index in [2.05, 4.69) is 52.0 Å². The SMILES string of the molecule is CCCC1=CC(C)(C)C=CC=C1CC. The normalized spacial score (nSPS) is 20.0. The maximum Gasteiger partial charge on any atom is 0.00134 e. The van der Waals surface area contributed by atoms with Gasteiger partial charge in [-0.1, -0.05) is 58.4 Å². The molecule has 0 atom stereocenters. The molecular formula is C14H22. The van der Waals surface area contributed by atoms with Gasteiger partial charge < -0.3 is 0 Å². The van der Waals surface area contributed by atoms with Gasteiger partial charge in [0.15, 0.2) is 0 Å². The minimum absolute atomic E-state index is 0.220.